The molecule has 0 spiro atoms. The smallest absolute Gasteiger partial charge is 0.251 e. The summed E-state index contributed by atoms with van der Waals surface area (Å²) < 4.78 is 0. The van der Waals surface area contributed by atoms with Gasteiger partial charge in [0.1, 0.15) is 0 Å². The van der Waals surface area contributed by atoms with Crippen LogP contribution < -0.4 is 5.32 Å². The standard InChI is InChI=1S/C16H24BrNO/c1-11(17)10-12(2)18-15(19)13-6-8-14(9-7-13)16(3,4)5/h6-9,11-12H,10H2,1-5H3,(H,18,19). The van der Waals surface area contributed by atoms with Crippen LogP contribution in [-0.2, 0) is 5.41 Å². The summed E-state index contributed by atoms with van der Waals surface area (Å²) in [5.74, 6) is 0.00103. The van der Waals surface area contributed by atoms with Gasteiger partial charge in [-0.05, 0) is 36.5 Å². The Morgan fingerprint density at radius 3 is 2.16 bits per heavy atom. The van der Waals surface area contributed by atoms with Gasteiger partial charge in [-0.2, -0.15) is 0 Å². The Morgan fingerprint density at radius 1 is 1.21 bits per heavy atom. The third-order valence-corrected chi connectivity index (χ3v) is 3.44. The van der Waals surface area contributed by atoms with Crippen molar-refractivity contribution in [2.75, 3.05) is 0 Å². The van der Waals surface area contributed by atoms with E-state index in [0.717, 1.165) is 12.0 Å². The van der Waals surface area contributed by atoms with Crippen LogP contribution in [-0.4, -0.2) is 16.8 Å². The minimum atomic E-state index is 0.00103. The van der Waals surface area contributed by atoms with Gasteiger partial charge in [0.15, 0.2) is 0 Å². The van der Waals surface area contributed by atoms with E-state index < -0.39 is 0 Å². The molecular formula is C16H24BrNO. The van der Waals surface area contributed by atoms with Crippen molar-refractivity contribution in [2.24, 2.45) is 0 Å². The maximum absolute atomic E-state index is 12.1. The lowest BCUT2D eigenvalue weighted by Crippen LogP contribution is -2.33. The number of halogens is 1. The molecule has 1 rings (SSSR count). The molecule has 0 bridgehead atoms. The normalized spacial score (nSPS) is 14.8. The minimum Gasteiger partial charge on any atom is -0.350 e. The average Bonchev–Trinajstić information content (AvgIpc) is 2.26. The lowest BCUT2D eigenvalue weighted by molar-refractivity contribution is 0.0938. The molecule has 0 heterocycles. The second-order valence-corrected chi connectivity index (χ2v) is 7.78. The number of carbonyl (C=O) groups excluding carboxylic acids is 1. The van der Waals surface area contributed by atoms with Crippen LogP contribution in [0.3, 0.4) is 0 Å². The van der Waals surface area contributed by atoms with Crippen molar-refractivity contribution in [3.8, 4) is 0 Å². The first-order valence-corrected chi connectivity index (χ1v) is 7.67. The summed E-state index contributed by atoms with van der Waals surface area (Å²) in [6.45, 7) is 10.6. The minimum absolute atomic E-state index is 0.00103. The second-order valence-electron chi connectivity index (χ2n) is 6.22. The summed E-state index contributed by atoms with van der Waals surface area (Å²) in [6, 6.07) is 8.05. The predicted octanol–water partition coefficient (Wildman–Crippen LogP) is 4.28. The van der Waals surface area contributed by atoms with Crippen LogP contribution in [0.25, 0.3) is 0 Å². The Hall–Kier alpha value is -0.830. The molecule has 0 saturated heterocycles. The summed E-state index contributed by atoms with van der Waals surface area (Å²) in [5.41, 5.74) is 2.08. The quantitative estimate of drug-likeness (QED) is 0.822. The van der Waals surface area contributed by atoms with Gasteiger partial charge in [-0.3, -0.25) is 4.79 Å². The lowest BCUT2D eigenvalue weighted by Gasteiger charge is -2.19. The van der Waals surface area contributed by atoms with Crippen LogP contribution in [0.15, 0.2) is 24.3 Å². The zero-order chi connectivity index (χ0) is 14.6. The van der Waals surface area contributed by atoms with Crippen LogP contribution in [0.5, 0.6) is 0 Å². The van der Waals surface area contributed by atoms with Gasteiger partial charge in [-0.15, -0.1) is 0 Å². The number of rotatable bonds is 4. The van der Waals surface area contributed by atoms with Crippen molar-refractivity contribution in [1.82, 2.24) is 5.32 Å². The number of carbonyl (C=O) groups is 1. The molecule has 2 unspecified atom stereocenters. The maximum atomic E-state index is 12.1. The Balaban J connectivity index is 2.68. The molecule has 0 fully saturated rings. The number of hydrogen-bond donors (Lipinski definition) is 1. The molecule has 106 valence electrons. The van der Waals surface area contributed by atoms with Crippen LogP contribution in [0, 0.1) is 0 Å². The highest BCUT2D eigenvalue weighted by atomic mass is 79.9. The molecule has 1 aromatic carbocycles. The third-order valence-electron chi connectivity index (χ3n) is 3.07. The van der Waals surface area contributed by atoms with Gasteiger partial charge >= 0.3 is 0 Å². The maximum Gasteiger partial charge on any atom is 0.251 e. The zero-order valence-corrected chi connectivity index (χ0v) is 14.0. The number of hydrogen-bond acceptors (Lipinski definition) is 1. The lowest BCUT2D eigenvalue weighted by atomic mass is 9.86. The molecular weight excluding hydrogens is 302 g/mol. The van der Waals surface area contributed by atoms with Crippen molar-refractivity contribution in [3.63, 3.8) is 0 Å². The Kier molecular flexibility index (Phi) is 5.60. The summed E-state index contributed by atoms with van der Waals surface area (Å²) >= 11 is 3.50. The molecule has 0 aliphatic heterocycles. The summed E-state index contributed by atoms with van der Waals surface area (Å²) in [4.78, 5) is 12.5. The molecule has 1 amide bonds. The SMILES string of the molecule is CC(Br)CC(C)NC(=O)c1ccc(C(C)(C)C)cc1. The van der Waals surface area contributed by atoms with E-state index >= 15 is 0 Å². The van der Waals surface area contributed by atoms with Gasteiger partial charge in [0, 0.05) is 16.4 Å². The van der Waals surface area contributed by atoms with Crippen molar-refractivity contribution < 1.29 is 4.79 Å². The largest absolute Gasteiger partial charge is 0.350 e. The summed E-state index contributed by atoms with van der Waals surface area (Å²) in [5, 5.41) is 3.02. The van der Waals surface area contributed by atoms with Gasteiger partial charge in [0.25, 0.3) is 5.91 Å². The van der Waals surface area contributed by atoms with E-state index in [9.17, 15) is 4.79 Å². The predicted molar refractivity (Wildman–Crippen MR) is 85.1 cm³/mol. The summed E-state index contributed by atoms with van der Waals surface area (Å²) in [6.07, 6.45) is 0.922. The fourth-order valence-electron chi connectivity index (χ4n) is 1.97. The number of benzene rings is 1. The summed E-state index contributed by atoms with van der Waals surface area (Å²) in [7, 11) is 0. The highest BCUT2D eigenvalue weighted by Crippen LogP contribution is 2.22. The average molecular weight is 326 g/mol. The van der Waals surface area contributed by atoms with E-state index in [0.29, 0.717) is 4.83 Å². The molecule has 0 aromatic heterocycles. The van der Waals surface area contributed by atoms with Gasteiger partial charge in [0.2, 0.25) is 0 Å². The van der Waals surface area contributed by atoms with Crippen molar-refractivity contribution in [3.05, 3.63) is 35.4 Å². The van der Waals surface area contributed by atoms with E-state index in [1.54, 1.807) is 0 Å². The zero-order valence-electron chi connectivity index (χ0n) is 12.5. The second kappa shape index (κ2) is 6.56. The molecule has 0 radical (unpaired) electrons. The first-order valence-electron chi connectivity index (χ1n) is 6.75. The Bertz CT molecular complexity index is 417. The van der Waals surface area contributed by atoms with E-state index in [2.05, 4.69) is 48.9 Å². The van der Waals surface area contributed by atoms with E-state index in [4.69, 9.17) is 0 Å². The molecule has 3 heteroatoms. The first-order chi connectivity index (χ1) is 8.70. The molecule has 0 saturated carbocycles. The molecule has 0 aliphatic carbocycles. The first kappa shape index (κ1) is 16.2. The van der Waals surface area contributed by atoms with Crippen LogP contribution in [0.4, 0.5) is 0 Å². The topological polar surface area (TPSA) is 29.1 Å². The van der Waals surface area contributed by atoms with Crippen LogP contribution in [0.1, 0.15) is 57.0 Å². The molecule has 1 N–H and O–H groups in total. The third kappa shape index (κ3) is 5.35. The van der Waals surface area contributed by atoms with Crippen LogP contribution >= 0.6 is 15.9 Å². The van der Waals surface area contributed by atoms with E-state index in [-0.39, 0.29) is 17.4 Å². The molecule has 1 aromatic rings. The highest BCUT2D eigenvalue weighted by Gasteiger charge is 2.15. The molecule has 19 heavy (non-hydrogen) atoms. The van der Waals surface area contributed by atoms with Gasteiger partial charge in [-0.25, -0.2) is 0 Å². The Morgan fingerprint density at radius 2 is 1.74 bits per heavy atom. The molecule has 0 aliphatic rings. The van der Waals surface area contributed by atoms with Crippen molar-refractivity contribution >= 4 is 21.8 Å². The number of amides is 1. The van der Waals surface area contributed by atoms with Crippen molar-refractivity contribution in [1.29, 1.82) is 0 Å². The monoisotopic (exact) mass is 325 g/mol. The number of nitrogens with one attached hydrogen (secondary N) is 1. The highest BCUT2D eigenvalue weighted by molar-refractivity contribution is 9.09. The van der Waals surface area contributed by atoms with E-state index in [1.807, 2.05) is 31.2 Å². The van der Waals surface area contributed by atoms with E-state index in [1.165, 1.54) is 5.56 Å². The molecule has 2 atom stereocenters. The molecule has 2 nitrogen and oxygen atoms in total. The van der Waals surface area contributed by atoms with Crippen molar-refractivity contribution in [2.45, 2.75) is 57.3 Å². The van der Waals surface area contributed by atoms with Crippen LogP contribution in [0.2, 0.25) is 0 Å². The Labute approximate surface area is 125 Å². The van der Waals surface area contributed by atoms with Gasteiger partial charge in [-0.1, -0.05) is 55.8 Å². The fraction of sp³-hybridized carbons (Fsp3) is 0.562. The van der Waals surface area contributed by atoms with Gasteiger partial charge in [0.05, 0.1) is 0 Å². The van der Waals surface area contributed by atoms with Gasteiger partial charge < -0.3 is 5.32 Å². The fourth-order valence-corrected chi connectivity index (χ4v) is 2.54. The number of alkyl halides is 1.